The number of hydrogen-bond acceptors (Lipinski definition) is 6. The van der Waals surface area contributed by atoms with Crippen LogP contribution >= 0.6 is 22.7 Å². The lowest BCUT2D eigenvalue weighted by Gasteiger charge is -2.07. The Morgan fingerprint density at radius 1 is 1.21 bits per heavy atom. The number of para-hydroxylation sites is 1. The molecule has 3 rings (SSSR count). The maximum atomic E-state index is 11.2. The van der Waals surface area contributed by atoms with Crippen molar-refractivity contribution in [1.29, 1.82) is 0 Å². The van der Waals surface area contributed by atoms with E-state index in [2.05, 4.69) is 39.7 Å². The quantitative estimate of drug-likeness (QED) is 0.685. The molecule has 5 nitrogen and oxygen atoms in total. The highest BCUT2D eigenvalue weighted by atomic mass is 32.1. The SMILES string of the molecule is CCc1ccccc1Nc1ncc(-c2sc(NC(C)=O)nc2C)s1. The van der Waals surface area contributed by atoms with Crippen LogP contribution in [0.2, 0.25) is 0 Å². The molecule has 0 saturated heterocycles. The highest BCUT2D eigenvalue weighted by Gasteiger charge is 2.14. The van der Waals surface area contributed by atoms with Gasteiger partial charge in [-0.25, -0.2) is 9.97 Å². The summed E-state index contributed by atoms with van der Waals surface area (Å²) in [5.41, 5.74) is 3.24. The van der Waals surface area contributed by atoms with Gasteiger partial charge in [0.05, 0.1) is 15.4 Å². The van der Waals surface area contributed by atoms with Crippen LogP contribution in [0.5, 0.6) is 0 Å². The molecule has 1 amide bonds. The van der Waals surface area contributed by atoms with Gasteiger partial charge in [0.1, 0.15) is 0 Å². The van der Waals surface area contributed by atoms with Gasteiger partial charge in [-0.2, -0.15) is 0 Å². The summed E-state index contributed by atoms with van der Waals surface area (Å²) in [5, 5.41) is 7.60. The number of anilines is 3. The second-order valence-corrected chi connectivity index (χ2v) is 7.31. The molecule has 0 unspecified atom stereocenters. The largest absolute Gasteiger partial charge is 0.331 e. The van der Waals surface area contributed by atoms with Crippen molar-refractivity contribution < 1.29 is 4.79 Å². The fourth-order valence-electron chi connectivity index (χ4n) is 2.33. The Balaban J connectivity index is 1.83. The number of thiazole rings is 2. The first-order chi connectivity index (χ1) is 11.6. The van der Waals surface area contributed by atoms with Gasteiger partial charge in [0, 0.05) is 18.8 Å². The van der Waals surface area contributed by atoms with Crippen LogP contribution in [-0.4, -0.2) is 15.9 Å². The minimum atomic E-state index is -0.113. The minimum absolute atomic E-state index is 0.113. The Morgan fingerprint density at radius 2 is 2.00 bits per heavy atom. The molecule has 2 aromatic heterocycles. The molecular formula is C17H18N4OS2. The third kappa shape index (κ3) is 3.63. The van der Waals surface area contributed by atoms with Crippen molar-refractivity contribution >= 4 is 44.5 Å². The van der Waals surface area contributed by atoms with E-state index in [1.807, 2.05) is 25.3 Å². The van der Waals surface area contributed by atoms with Crippen molar-refractivity contribution in [2.75, 3.05) is 10.6 Å². The lowest BCUT2D eigenvalue weighted by Crippen LogP contribution is -2.04. The van der Waals surface area contributed by atoms with Crippen LogP contribution in [0.3, 0.4) is 0 Å². The Labute approximate surface area is 148 Å². The summed E-state index contributed by atoms with van der Waals surface area (Å²) in [4.78, 5) is 22.1. The molecule has 0 radical (unpaired) electrons. The van der Waals surface area contributed by atoms with Crippen LogP contribution in [0, 0.1) is 6.92 Å². The summed E-state index contributed by atoms with van der Waals surface area (Å²) in [6.07, 6.45) is 2.81. The van der Waals surface area contributed by atoms with Crippen molar-refractivity contribution in [2.24, 2.45) is 0 Å². The number of aromatic nitrogens is 2. The third-order valence-corrected chi connectivity index (χ3v) is 5.61. The molecule has 2 heterocycles. The normalized spacial score (nSPS) is 10.6. The number of carbonyl (C=O) groups excluding carboxylic acids is 1. The monoisotopic (exact) mass is 358 g/mol. The number of aryl methyl sites for hydroxylation is 2. The maximum Gasteiger partial charge on any atom is 0.223 e. The molecule has 3 aromatic rings. The zero-order valence-electron chi connectivity index (χ0n) is 13.7. The molecule has 24 heavy (non-hydrogen) atoms. The van der Waals surface area contributed by atoms with Crippen molar-refractivity contribution in [3.63, 3.8) is 0 Å². The molecular weight excluding hydrogens is 340 g/mol. The molecule has 124 valence electrons. The summed E-state index contributed by atoms with van der Waals surface area (Å²) >= 11 is 3.05. The van der Waals surface area contributed by atoms with Crippen molar-refractivity contribution in [1.82, 2.24) is 9.97 Å². The average molecular weight is 358 g/mol. The molecule has 0 bridgehead atoms. The Hall–Kier alpha value is -2.25. The molecule has 0 aliphatic heterocycles. The first-order valence-electron chi connectivity index (χ1n) is 7.63. The maximum absolute atomic E-state index is 11.2. The van der Waals surface area contributed by atoms with E-state index < -0.39 is 0 Å². The van der Waals surface area contributed by atoms with E-state index in [4.69, 9.17) is 0 Å². The Bertz CT molecular complexity index is 869. The summed E-state index contributed by atoms with van der Waals surface area (Å²) in [6.45, 7) is 5.56. The number of hydrogen-bond donors (Lipinski definition) is 2. The lowest BCUT2D eigenvalue weighted by molar-refractivity contribution is -0.114. The second kappa shape index (κ2) is 7.11. The van der Waals surface area contributed by atoms with Gasteiger partial charge in [0.15, 0.2) is 10.3 Å². The van der Waals surface area contributed by atoms with E-state index in [0.717, 1.165) is 32.7 Å². The van der Waals surface area contributed by atoms with E-state index >= 15 is 0 Å². The Kier molecular flexibility index (Phi) is 4.92. The van der Waals surface area contributed by atoms with Crippen LogP contribution < -0.4 is 10.6 Å². The van der Waals surface area contributed by atoms with Gasteiger partial charge in [-0.1, -0.05) is 47.8 Å². The summed E-state index contributed by atoms with van der Waals surface area (Å²) in [6, 6.07) is 8.24. The summed E-state index contributed by atoms with van der Waals surface area (Å²) < 4.78 is 0. The summed E-state index contributed by atoms with van der Waals surface area (Å²) in [5.74, 6) is -0.113. The molecule has 1 aromatic carbocycles. The van der Waals surface area contributed by atoms with Crippen LogP contribution in [0.4, 0.5) is 16.0 Å². The van der Waals surface area contributed by atoms with E-state index in [1.165, 1.54) is 23.8 Å². The average Bonchev–Trinajstić information content (AvgIpc) is 3.14. The lowest BCUT2D eigenvalue weighted by atomic mass is 10.1. The predicted molar refractivity (Wildman–Crippen MR) is 101 cm³/mol. The molecule has 0 aliphatic carbocycles. The van der Waals surface area contributed by atoms with E-state index in [1.54, 1.807) is 11.3 Å². The molecule has 7 heteroatoms. The van der Waals surface area contributed by atoms with Gasteiger partial charge in [0.2, 0.25) is 5.91 Å². The van der Waals surface area contributed by atoms with Crippen LogP contribution in [0.15, 0.2) is 30.5 Å². The smallest absolute Gasteiger partial charge is 0.223 e. The number of carbonyl (C=O) groups is 1. The molecule has 0 aliphatic rings. The van der Waals surface area contributed by atoms with E-state index in [-0.39, 0.29) is 5.91 Å². The van der Waals surface area contributed by atoms with Gasteiger partial charge in [-0.05, 0) is 25.0 Å². The number of nitrogens with one attached hydrogen (secondary N) is 2. The van der Waals surface area contributed by atoms with Gasteiger partial charge >= 0.3 is 0 Å². The molecule has 0 spiro atoms. The van der Waals surface area contributed by atoms with Gasteiger partial charge in [-0.3, -0.25) is 4.79 Å². The molecule has 2 N–H and O–H groups in total. The van der Waals surface area contributed by atoms with Crippen molar-refractivity contribution in [3.8, 4) is 9.75 Å². The first-order valence-corrected chi connectivity index (χ1v) is 9.26. The number of nitrogens with zero attached hydrogens (tertiary/aromatic N) is 2. The van der Waals surface area contributed by atoms with Crippen molar-refractivity contribution in [3.05, 3.63) is 41.7 Å². The standard InChI is InChI=1S/C17H18N4OS2/c1-4-12-7-5-6-8-13(12)21-16-18-9-14(23-16)15-10(2)19-17(24-15)20-11(3)22/h5-9H,4H2,1-3H3,(H,18,21)(H,19,20,22). The topological polar surface area (TPSA) is 66.9 Å². The first kappa shape index (κ1) is 16.6. The molecule has 0 saturated carbocycles. The highest BCUT2D eigenvalue weighted by molar-refractivity contribution is 7.25. The van der Waals surface area contributed by atoms with Gasteiger partial charge < -0.3 is 10.6 Å². The predicted octanol–water partition coefficient (Wildman–Crippen LogP) is 4.84. The number of amides is 1. The fraction of sp³-hybridized carbons (Fsp3) is 0.235. The van der Waals surface area contributed by atoms with Gasteiger partial charge in [0.25, 0.3) is 0 Å². The van der Waals surface area contributed by atoms with Crippen LogP contribution in [0.1, 0.15) is 25.1 Å². The molecule has 0 fully saturated rings. The van der Waals surface area contributed by atoms with Crippen LogP contribution in [-0.2, 0) is 11.2 Å². The van der Waals surface area contributed by atoms with E-state index in [0.29, 0.717) is 5.13 Å². The molecule has 0 atom stereocenters. The summed E-state index contributed by atoms with van der Waals surface area (Å²) in [7, 11) is 0. The number of benzene rings is 1. The Morgan fingerprint density at radius 3 is 2.75 bits per heavy atom. The second-order valence-electron chi connectivity index (χ2n) is 5.28. The minimum Gasteiger partial charge on any atom is -0.331 e. The van der Waals surface area contributed by atoms with Crippen molar-refractivity contribution in [2.45, 2.75) is 27.2 Å². The van der Waals surface area contributed by atoms with Crippen LogP contribution in [0.25, 0.3) is 9.75 Å². The zero-order chi connectivity index (χ0) is 17.1. The van der Waals surface area contributed by atoms with Gasteiger partial charge in [-0.15, -0.1) is 0 Å². The zero-order valence-corrected chi connectivity index (χ0v) is 15.3. The third-order valence-electron chi connectivity index (χ3n) is 3.45. The fourth-order valence-corrected chi connectivity index (χ4v) is 4.32. The number of rotatable bonds is 5. The highest BCUT2D eigenvalue weighted by Crippen LogP contribution is 2.38. The van der Waals surface area contributed by atoms with E-state index in [9.17, 15) is 4.79 Å².